The SMILES string of the molecule is BC1(B)c2ccncc2C(B)(B)N1C(=O)NCC1CC12CCN(C(=O)OC(C)C)CC2. The van der Waals surface area contributed by atoms with Crippen LogP contribution < -0.4 is 5.32 Å². The van der Waals surface area contributed by atoms with E-state index in [4.69, 9.17) is 4.74 Å². The van der Waals surface area contributed by atoms with Crippen LogP contribution in [0.15, 0.2) is 18.5 Å². The first kappa shape index (κ1) is 22.2. The lowest BCUT2D eigenvalue weighted by atomic mass is 9.57. The zero-order valence-corrected chi connectivity index (χ0v) is 19.7. The molecule has 11 heteroatoms. The molecule has 1 N–H and O–H groups in total. The fourth-order valence-electron chi connectivity index (χ4n) is 5.90. The summed E-state index contributed by atoms with van der Waals surface area (Å²) in [5.41, 5.74) is 2.54. The van der Waals surface area contributed by atoms with E-state index in [2.05, 4.69) is 41.7 Å². The van der Waals surface area contributed by atoms with Gasteiger partial charge in [-0.25, -0.2) is 9.59 Å². The average Bonchev–Trinajstić information content (AvgIpc) is 3.33. The number of hydrogen-bond donors (Lipinski definition) is 1. The van der Waals surface area contributed by atoms with Gasteiger partial charge in [-0.3, -0.25) is 4.98 Å². The van der Waals surface area contributed by atoms with Gasteiger partial charge in [-0.2, -0.15) is 0 Å². The molecule has 2 fully saturated rings. The van der Waals surface area contributed by atoms with E-state index in [1.165, 1.54) is 0 Å². The van der Waals surface area contributed by atoms with E-state index in [9.17, 15) is 9.59 Å². The summed E-state index contributed by atoms with van der Waals surface area (Å²) in [6.07, 6.45) is 6.48. The second-order valence-electron chi connectivity index (χ2n) is 10.7. The number of carbonyl (C=O) groups is 2. The molecule has 0 radical (unpaired) electrons. The predicted molar refractivity (Wildman–Crippen MR) is 130 cm³/mol. The molecule has 1 unspecified atom stereocenters. The van der Waals surface area contributed by atoms with Crippen LogP contribution in [-0.2, 0) is 15.4 Å². The smallest absolute Gasteiger partial charge is 0.410 e. The molecule has 4 rings (SSSR count). The number of aromatic nitrogens is 1. The highest BCUT2D eigenvalue weighted by Gasteiger charge is 2.56. The van der Waals surface area contributed by atoms with E-state index >= 15 is 0 Å². The molecule has 0 aromatic carbocycles. The van der Waals surface area contributed by atoms with Crippen LogP contribution in [0.4, 0.5) is 9.59 Å². The second kappa shape index (κ2) is 7.52. The van der Waals surface area contributed by atoms with Gasteiger partial charge in [0.15, 0.2) is 0 Å². The summed E-state index contributed by atoms with van der Waals surface area (Å²) in [6, 6.07) is 2.00. The fraction of sp³-hybridized carbons (Fsp3) is 0.650. The number of nitrogens with zero attached hydrogens (tertiary/aromatic N) is 3. The normalized spacial score (nSPS) is 24.7. The van der Waals surface area contributed by atoms with Crippen molar-refractivity contribution in [1.29, 1.82) is 0 Å². The third-order valence-electron chi connectivity index (χ3n) is 7.67. The van der Waals surface area contributed by atoms with E-state index in [1.807, 2.05) is 35.9 Å². The van der Waals surface area contributed by atoms with Crippen LogP contribution in [0.25, 0.3) is 0 Å². The third kappa shape index (κ3) is 3.74. The number of nitrogens with one attached hydrogen (secondary N) is 1. The predicted octanol–water partition coefficient (Wildman–Crippen LogP) is -1.49. The Morgan fingerprint density at radius 1 is 1.19 bits per heavy atom. The molecule has 3 amide bonds. The summed E-state index contributed by atoms with van der Waals surface area (Å²) in [7, 11) is 8.38. The van der Waals surface area contributed by atoms with Crippen molar-refractivity contribution in [3.05, 3.63) is 29.6 Å². The van der Waals surface area contributed by atoms with Crippen LogP contribution in [0.1, 0.15) is 44.2 Å². The summed E-state index contributed by atoms with van der Waals surface area (Å²) in [4.78, 5) is 33.5. The molecule has 1 saturated carbocycles. The molecular formula is C20H32B4N4O3. The topological polar surface area (TPSA) is 74.8 Å². The number of hydrogen-bond acceptors (Lipinski definition) is 4. The summed E-state index contributed by atoms with van der Waals surface area (Å²) in [5, 5.41) is 2.42. The molecule has 1 aromatic heterocycles. The van der Waals surface area contributed by atoms with E-state index in [0.29, 0.717) is 12.5 Å². The molecule has 162 valence electrons. The quantitative estimate of drug-likeness (QED) is 0.606. The maximum absolute atomic E-state index is 13.3. The van der Waals surface area contributed by atoms with Crippen LogP contribution in [0, 0.1) is 11.3 Å². The molecule has 1 atom stereocenters. The van der Waals surface area contributed by atoms with Crippen molar-refractivity contribution >= 4 is 43.5 Å². The van der Waals surface area contributed by atoms with Crippen LogP contribution in [0.5, 0.6) is 0 Å². The van der Waals surface area contributed by atoms with Crippen molar-refractivity contribution in [3.63, 3.8) is 0 Å². The second-order valence-corrected chi connectivity index (χ2v) is 10.7. The minimum Gasteiger partial charge on any atom is -0.447 e. The van der Waals surface area contributed by atoms with Crippen molar-refractivity contribution < 1.29 is 14.3 Å². The Morgan fingerprint density at radius 3 is 2.45 bits per heavy atom. The summed E-state index contributed by atoms with van der Waals surface area (Å²) < 4.78 is 5.33. The van der Waals surface area contributed by atoms with Crippen LogP contribution in [0.2, 0.25) is 0 Å². The molecule has 2 aliphatic heterocycles. The Morgan fingerprint density at radius 2 is 1.84 bits per heavy atom. The van der Waals surface area contributed by atoms with Gasteiger partial charge in [0.05, 0.1) is 6.10 Å². The Hall–Kier alpha value is -2.05. The number of likely N-dealkylation sites (tertiary alicyclic amines) is 1. The highest BCUT2D eigenvalue weighted by atomic mass is 16.6. The maximum atomic E-state index is 13.3. The summed E-state index contributed by atoms with van der Waals surface area (Å²) in [6.45, 7) is 5.92. The van der Waals surface area contributed by atoms with Crippen molar-refractivity contribution in [3.8, 4) is 0 Å². The van der Waals surface area contributed by atoms with Gasteiger partial charge < -0.3 is 19.9 Å². The monoisotopic (exact) mass is 420 g/mol. The highest BCUT2D eigenvalue weighted by molar-refractivity contribution is 6.47. The van der Waals surface area contributed by atoms with Crippen LogP contribution in [0.3, 0.4) is 0 Å². The number of piperidine rings is 1. The van der Waals surface area contributed by atoms with Gasteiger partial charge in [0.25, 0.3) is 0 Å². The van der Waals surface area contributed by atoms with Gasteiger partial charge in [0.1, 0.15) is 31.4 Å². The van der Waals surface area contributed by atoms with Gasteiger partial charge in [-0.15, -0.1) is 0 Å². The van der Waals surface area contributed by atoms with Crippen molar-refractivity contribution in [2.45, 2.75) is 49.9 Å². The van der Waals surface area contributed by atoms with E-state index in [1.54, 1.807) is 6.20 Å². The third-order valence-corrected chi connectivity index (χ3v) is 7.67. The molecule has 7 nitrogen and oxygen atoms in total. The lowest BCUT2D eigenvalue weighted by Gasteiger charge is -2.42. The first-order chi connectivity index (χ1) is 14.5. The molecular weight excluding hydrogens is 387 g/mol. The minimum atomic E-state index is -0.416. The van der Waals surface area contributed by atoms with Gasteiger partial charge >= 0.3 is 12.1 Å². The van der Waals surface area contributed by atoms with Gasteiger partial charge in [-0.1, -0.05) is 0 Å². The number of amides is 3. The van der Waals surface area contributed by atoms with E-state index < -0.39 is 10.7 Å². The molecule has 1 saturated heterocycles. The number of pyridine rings is 1. The Bertz CT molecular complexity index is 852. The Kier molecular flexibility index (Phi) is 5.38. The molecule has 1 aromatic rings. The van der Waals surface area contributed by atoms with Gasteiger partial charge in [0.2, 0.25) is 0 Å². The average molecular weight is 420 g/mol. The number of ether oxygens (including phenoxy) is 1. The Balaban J connectivity index is 1.34. The summed E-state index contributed by atoms with van der Waals surface area (Å²) >= 11 is 0. The van der Waals surface area contributed by atoms with Crippen molar-refractivity contribution in [2.24, 2.45) is 11.3 Å². The van der Waals surface area contributed by atoms with Crippen molar-refractivity contribution in [1.82, 2.24) is 20.1 Å². The minimum absolute atomic E-state index is 0.0220. The summed E-state index contributed by atoms with van der Waals surface area (Å²) in [5.74, 6) is 0.484. The van der Waals surface area contributed by atoms with Crippen LogP contribution in [-0.4, -0.2) is 84.0 Å². The zero-order valence-electron chi connectivity index (χ0n) is 19.7. The van der Waals surface area contributed by atoms with E-state index in [-0.39, 0.29) is 23.6 Å². The number of carbonyl (C=O) groups excluding carboxylic acids is 2. The standard InChI is InChI=1S/C20H32B4N4O3/c1-12(2)31-17(30)27-7-4-18(5-8-27)9-13(18)10-26-16(29)28-19(21,22)14-3-6-25-11-15(14)20(28,23)24/h3,6,11-13H,4-5,7-10,21-24H2,1-2H3,(H,26,29). The number of urea groups is 1. The van der Waals surface area contributed by atoms with E-state index in [0.717, 1.165) is 43.5 Å². The van der Waals surface area contributed by atoms with Crippen LogP contribution >= 0.6 is 0 Å². The fourth-order valence-corrected chi connectivity index (χ4v) is 5.90. The van der Waals surface area contributed by atoms with Gasteiger partial charge in [0, 0.05) is 42.7 Å². The van der Waals surface area contributed by atoms with Crippen molar-refractivity contribution in [2.75, 3.05) is 19.6 Å². The molecule has 3 aliphatic rings. The lowest BCUT2D eigenvalue weighted by molar-refractivity contribution is 0.0619. The molecule has 1 spiro atoms. The number of rotatable bonds is 3. The zero-order chi connectivity index (χ0) is 22.6. The van der Waals surface area contributed by atoms with Gasteiger partial charge in [-0.05, 0) is 61.6 Å². The highest BCUT2D eigenvalue weighted by Crippen LogP contribution is 2.59. The first-order valence-corrected chi connectivity index (χ1v) is 11.5. The largest absolute Gasteiger partial charge is 0.447 e. The molecule has 3 heterocycles. The molecule has 1 aliphatic carbocycles. The number of fused-ring (bicyclic) bond motifs is 1. The maximum Gasteiger partial charge on any atom is 0.410 e. The lowest BCUT2D eigenvalue weighted by Crippen LogP contribution is -2.59. The molecule has 0 bridgehead atoms. The Labute approximate surface area is 188 Å². The first-order valence-electron chi connectivity index (χ1n) is 11.5. The molecule has 31 heavy (non-hydrogen) atoms.